The second kappa shape index (κ2) is 5.61. The van der Waals surface area contributed by atoms with Crippen LogP contribution >= 0.6 is 0 Å². The quantitative estimate of drug-likeness (QED) is 0.619. The lowest BCUT2D eigenvalue weighted by Gasteiger charge is -2.32. The minimum absolute atomic E-state index is 0.851. The summed E-state index contributed by atoms with van der Waals surface area (Å²) in [5.74, 6) is 1.74. The molecular formula is C11H23NO. The molecule has 2 atom stereocenters. The van der Waals surface area contributed by atoms with Crippen molar-refractivity contribution in [2.75, 3.05) is 32.8 Å². The Kier molecular flexibility index (Phi) is 4.74. The largest absolute Gasteiger partial charge is 0.381 e. The number of hydrogen-bond acceptors (Lipinski definition) is 2. The zero-order valence-corrected chi connectivity index (χ0v) is 9.25. The van der Waals surface area contributed by atoms with Gasteiger partial charge in [-0.15, -0.1) is 0 Å². The molecule has 2 fully saturated rings. The molecule has 2 saturated heterocycles. The van der Waals surface area contributed by atoms with Gasteiger partial charge in [-0.1, -0.05) is 20.8 Å². The van der Waals surface area contributed by atoms with Crippen molar-refractivity contribution in [3.05, 3.63) is 0 Å². The maximum absolute atomic E-state index is 5.46. The Balaban J connectivity index is 0.000000396. The van der Waals surface area contributed by atoms with Gasteiger partial charge < -0.3 is 9.64 Å². The predicted octanol–water partition coefficient (Wildman–Crippen LogP) is 2.00. The van der Waals surface area contributed by atoms with E-state index < -0.39 is 0 Å². The van der Waals surface area contributed by atoms with E-state index in [1.807, 2.05) is 13.8 Å². The Morgan fingerprint density at radius 1 is 1.23 bits per heavy atom. The fourth-order valence-electron chi connectivity index (χ4n) is 2.22. The first-order chi connectivity index (χ1) is 6.40. The predicted molar refractivity (Wildman–Crippen MR) is 55.9 cm³/mol. The highest BCUT2D eigenvalue weighted by atomic mass is 16.5. The fraction of sp³-hybridized carbons (Fsp3) is 1.00. The van der Waals surface area contributed by atoms with Crippen LogP contribution < -0.4 is 0 Å². The van der Waals surface area contributed by atoms with Gasteiger partial charge in [0.2, 0.25) is 0 Å². The molecule has 0 aromatic rings. The molecule has 0 aromatic carbocycles. The van der Waals surface area contributed by atoms with Crippen molar-refractivity contribution < 1.29 is 4.74 Å². The minimum atomic E-state index is 0.851. The zero-order chi connectivity index (χ0) is 9.68. The first-order valence-electron chi connectivity index (χ1n) is 5.70. The number of fused-ring (bicyclic) bond motifs is 1. The van der Waals surface area contributed by atoms with Crippen molar-refractivity contribution in [2.24, 2.45) is 11.8 Å². The summed E-state index contributed by atoms with van der Waals surface area (Å²) in [7, 11) is 0. The van der Waals surface area contributed by atoms with E-state index in [4.69, 9.17) is 4.74 Å². The molecule has 2 heteroatoms. The Morgan fingerprint density at radius 2 is 1.92 bits per heavy atom. The van der Waals surface area contributed by atoms with Crippen molar-refractivity contribution in [1.29, 1.82) is 0 Å². The molecule has 2 aliphatic rings. The molecule has 2 rings (SSSR count). The second-order valence-electron chi connectivity index (χ2n) is 3.74. The highest BCUT2D eigenvalue weighted by molar-refractivity contribution is 4.83. The smallest absolute Gasteiger partial charge is 0.0510 e. The molecule has 78 valence electrons. The topological polar surface area (TPSA) is 12.5 Å². The lowest BCUT2D eigenvalue weighted by Crippen LogP contribution is -2.39. The van der Waals surface area contributed by atoms with Crippen molar-refractivity contribution in [3.8, 4) is 0 Å². The van der Waals surface area contributed by atoms with Crippen LogP contribution in [0.4, 0.5) is 0 Å². The molecular weight excluding hydrogens is 162 g/mol. The normalized spacial score (nSPS) is 33.5. The molecule has 0 radical (unpaired) electrons. The summed E-state index contributed by atoms with van der Waals surface area (Å²) in [6, 6.07) is 0. The van der Waals surface area contributed by atoms with Gasteiger partial charge in [0.15, 0.2) is 0 Å². The molecule has 0 spiro atoms. The van der Waals surface area contributed by atoms with E-state index in [0.717, 1.165) is 25.0 Å². The third kappa shape index (κ3) is 2.68. The fourth-order valence-corrected chi connectivity index (χ4v) is 2.22. The van der Waals surface area contributed by atoms with Crippen molar-refractivity contribution in [2.45, 2.75) is 27.2 Å². The molecule has 2 heterocycles. The molecule has 2 nitrogen and oxygen atoms in total. The number of hydrogen-bond donors (Lipinski definition) is 0. The summed E-state index contributed by atoms with van der Waals surface area (Å²) in [6.07, 6.45) is 1.36. The standard InChI is InChI=1S/C9H17NO.C2H6/c1-2-10-4-3-8-6-11-7-9(8)5-10;1-2/h8-9H,2-7H2,1H3;1-2H3. The van der Waals surface area contributed by atoms with E-state index in [9.17, 15) is 0 Å². The third-order valence-corrected chi connectivity index (χ3v) is 3.09. The Morgan fingerprint density at radius 3 is 2.62 bits per heavy atom. The Bertz CT molecular complexity index is 138. The summed E-state index contributed by atoms with van der Waals surface area (Å²) in [5.41, 5.74) is 0. The van der Waals surface area contributed by atoms with Gasteiger partial charge in [-0.25, -0.2) is 0 Å². The second-order valence-corrected chi connectivity index (χ2v) is 3.74. The zero-order valence-electron chi connectivity index (χ0n) is 9.25. The summed E-state index contributed by atoms with van der Waals surface area (Å²) in [6.45, 7) is 12.1. The molecule has 13 heavy (non-hydrogen) atoms. The van der Waals surface area contributed by atoms with E-state index in [0.29, 0.717) is 0 Å². The van der Waals surface area contributed by atoms with E-state index in [2.05, 4.69) is 11.8 Å². The van der Waals surface area contributed by atoms with E-state index in [-0.39, 0.29) is 0 Å². The molecule has 0 aliphatic carbocycles. The third-order valence-electron chi connectivity index (χ3n) is 3.09. The number of ether oxygens (including phenoxy) is 1. The first-order valence-corrected chi connectivity index (χ1v) is 5.70. The summed E-state index contributed by atoms with van der Waals surface area (Å²) in [4.78, 5) is 2.54. The number of piperidine rings is 1. The maximum atomic E-state index is 5.46. The van der Waals surface area contributed by atoms with E-state index in [1.54, 1.807) is 0 Å². The Labute approximate surface area is 82.3 Å². The van der Waals surface area contributed by atoms with Crippen LogP contribution in [0.2, 0.25) is 0 Å². The van der Waals surface area contributed by atoms with Crippen LogP contribution in [-0.4, -0.2) is 37.7 Å². The maximum Gasteiger partial charge on any atom is 0.0510 e. The molecule has 2 unspecified atom stereocenters. The van der Waals surface area contributed by atoms with Crippen LogP contribution in [0.15, 0.2) is 0 Å². The SMILES string of the molecule is CC.CCN1CCC2COCC2C1. The van der Waals surface area contributed by atoms with Gasteiger partial charge in [0.25, 0.3) is 0 Å². The van der Waals surface area contributed by atoms with Crippen LogP contribution in [0.1, 0.15) is 27.2 Å². The highest BCUT2D eigenvalue weighted by Gasteiger charge is 2.32. The number of nitrogens with zero attached hydrogens (tertiary/aromatic N) is 1. The van der Waals surface area contributed by atoms with Gasteiger partial charge in [-0.05, 0) is 25.4 Å². The molecule has 0 aromatic heterocycles. The van der Waals surface area contributed by atoms with E-state index >= 15 is 0 Å². The molecule has 0 saturated carbocycles. The van der Waals surface area contributed by atoms with Gasteiger partial charge in [0.05, 0.1) is 6.61 Å². The van der Waals surface area contributed by atoms with Crippen LogP contribution in [0.5, 0.6) is 0 Å². The summed E-state index contributed by atoms with van der Waals surface area (Å²) in [5, 5.41) is 0. The monoisotopic (exact) mass is 185 g/mol. The van der Waals surface area contributed by atoms with Crippen LogP contribution in [-0.2, 0) is 4.74 Å². The summed E-state index contributed by atoms with van der Waals surface area (Å²) >= 11 is 0. The van der Waals surface area contributed by atoms with Crippen LogP contribution in [0.25, 0.3) is 0 Å². The number of rotatable bonds is 1. The van der Waals surface area contributed by atoms with Crippen molar-refractivity contribution in [3.63, 3.8) is 0 Å². The van der Waals surface area contributed by atoms with Gasteiger partial charge in [-0.2, -0.15) is 0 Å². The molecule has 2 aliphatic heterocycles. The first kappa shape index (κ1) is 11.0. The van der Waals surface area contributed by atoms with Crippen molar-refractivity contribution in [1.82, 2.24) is 4.90 Å². The minimum Gasteiger partial charge on any atom is -0.381 e. The Hall–Kier alpha value is -0.0800. The van der Waals surface area contributed by atoms with Crippen molar-refractivity contribution >= 4 is 0 Å². The van der Waals surface area contributed by atoms with Crippen LogP contribution in [0.3, 0.4) is 0 Å². The molecule has 0 N–H and O–H groups in total. The summed E-state index contributed by atoms with van der Waals surface area (Å²) < 4.78 is 5.46. The van der Waals surface area contributed by atoms with Gasteiger partial charge in [0, 0.05) is 19.1 Å². The molecule has 0 bridgehead atoms. The lowest BCUT2D eigenvalue weighted by atomic mass is 9.89. The average Bonchev–Trinajstić information content (AvgIpc) is 2.67. The van der Waals surface area contributed by atoms with Gasteiger partial charge >= 0.3 is 0 Å². The lowest BCUT2D eigenvalue weighted by molar-refractivity contribution is 0.153. The van der Waals surface area contributed by atoms with Gasteiger partial charge in [-0.3, -0.25) is 0 Å². The number of likely N-dealkylation sites (tertiary alicyclic amines) is 1. The highest BCUT2D eigenvalue weighted by Crippen LogP contribution is 2.28. The van der Waals surface area contributed by atoms with Gasteiger partial charge in [0.1, 0.15) is 0 Å². The van der Waals surface area contributed by atoms with E-state index in [1.165, 1.54) is 26.1 Å². The van der Waals surface area contributed by atoms with Crippen LogP contribution in [0, 0.1) is 11.8 Å². The average molecular weight is 185 g/mol. The molecule has 0 amide bonds.